The lowest BCUT2D eigenvalue weighted by molar-refractivity contribution is -0.0348. The third-order valence-electron chi connectivity index (χ3n) is 5.11. The third kappa shape index (κ3) is 3.94. The van der Waals surface area contributed by atoms with Crippen molar-refractivity contribution in [1.29, 1.82) is 0 Å². The van der Waals surface area contributed by atoms with Crippen molar-refractivity contribution in [2.75, 3.05) is 32.8 Å². The third-order valence-corrected chi connectivity index (χ3v) is 6.53. The Morgan fingerprint density at radius 1 is 1.04 bits per heavy atom. The molecule has 0 radical (unpaired) electrons. The number of rotatable bonds is 5. The van der Waals surface area contributed by atoms with E-state index in [1.807, 2.05) is 6.07 Å². The molecule has 0 amide bonds. The largest absolute Gasteiger partial charge is 0.379 e. The molecule has 128 valence electrons. The van der Waals surface area contributed by atoms with E-state index in [9.17, 15) is 8.42 Å². The molecule has 1 saturated heterocycles. The first-order valence-corrected chi connectivity index (χ1v) is 9.98. The van der Waals surface area contributed by atoms with Gasteiger partial charge in [-0.25, -0.2) is 13.1 Å². The molecule has 2 fully saturated rings. The molecule has 1 aliphatic carbocycles. The second-order valence-corrected chi connectivity index (χ2v) is 8.29. The Balaban J connectivity index is 1.74. The highest BCUT2D eigenvalue weighted by Crippen LogP contribution is 2.34. The van der Waals surface area contributed by atoms with E-state index in [1.165, 1.54) is 19.3 Å². The molecule has 1 heterocycles. The van der Waals surface area contributed by atoms with Gasteiger partial charge in [0.2, 0.25) is 10.0 Å². The van der Waals surface area contributed by atoms with Gasteiger partial charge in [0.1, 0.15) is 0 Å². The van der Waals surface area contributed by atoms with E-state index >= 15 is 0 Å². The van der Waals surface area contributed by atoms with Gasteiger partial charge in [0.25, 0.3) is 0 Å². The van der Waals surface area contributed by atoms with E-state index in [0.29, 0.717) is 11.4 Å². The van der Waals surface area contributed by atoms with Crippen LogP contribution in [0.1, 0.15) is 32.1 Å². The van der Waals surface area contributed by atoms with Crippen LogP contribution in [-0.2, 0) is 14.8 Å². The lowest BCUT2D eigenvalue weighted by Crippen LogP contribution is -2.59. The molecule has 1 aromatic carbocycles. The number of benzene rings is 1. The molecule has 1 aliphatic heterocycles. The molecule has 5 nitrogen and oxygen atoms in total. The van der Waals surface area contributed by atoms with E-state index in [4.69, 9.17) is 4.74 Å². The van der Waals surface area contributed by atoms with Crippen LogP contribution in [0.25, 0.3) is 0 Å². The Morgan fingerprint density at radius 3 is 2.35 bits per heavy atom. The molecule has 3 rings (SSSR count). The smallest absolute Gasteiger partial charge is 0.240 e. The number of nitrogens with zero attached hydrogens (tertiary/aromatic N) is 1. The molecule has 1 aromatic rings. The minimum Gasteiger partial charge on any atom is -0.379 e. The fourth-order valence-electron chi connectivity index (χ4n) is 3.76. The van der Waals surface area contributed by atoms with Gasteiger partial charge in [-0.2, -0.15) is 0 Å². The van der Waals surface area contributed by atoms with E-state index in [2.05, 4.69) is 9.62 Å². The summed E-state index contributed by atoms with van der Waals surface area (Å²) in [6, 6.07) is 8.63. The zero-order valence-corrected chi connectivity index (χ0v) is 14.4. The molecule has 0 unspecified atom stereocenters. The quantitative estimate of drug-likeness (QED) is 0.892. The number of morpholine rings is 1. The first-order chi connectivity index (χ1) is 11.1. The summed E-state index contributed by atoms with van der Waals surface area (Å²) in [5, 5.41) is 0. The van der Waals surface area contributed by atoms with E-state index in [1.54, 1.807) is 24.3 Å². The second-order valence-electron chi connectivity index (χ2n) is 6.52. The standard InChI is InChI=1S/C17H26N2O3S/c20-23(21,16-7-3-1-4-8-16)18-15-17(9-5-2-6-10-17)19-11-13-22-14-12-19/h1,3-4,7-8,18H,2,5-6,9-15H2. The van der Waals surface area contributed by atoms with Crippen molar-refractivity contribution >= 4 is 10.0 Å². The Hall–Kier alpha value is -0.950. The highest BCUT2D eigenvalue weighted by atomic mass is 32.2. The van der Waals surface area contributed by atoms with Crippen molar-refractivity contribution in [3.05, 3.63) is 30.3 Å². The Kier molecular flexibility index (Phi) is 5.36. The summed E-state index contributed by atoms with van der Waals surface area (Å²) >= 11 is 0. The van der Waals surface area contributed by atoms with Crippen molar-refractivity contribution in [1.82, 2.24) is 9.62 Å². The molecular weight excluding hydrogens is 312 g/mol. The maximum Gasteiger partial charge on any atom is 0.240 e. The van der Waals surface area contributed by atoms with Crippen LogP contribution in [0.2, 0.25) is 0 Å². The number of ether oxygens (including phenoxy) is 1. The highest BCUT2D eigenvalue weighted by Gasteiger charge is 2.39. The van der Waals surface area contributed by atoms with Gasteiger partial charge in [0.05, 0.1) is 18.1 Å². The fourth-order valence-corrected chi connectivity index (χ4v) is 4.91. The lowest BCUT2D eigenvalue weighted by atomic mass is 9.80. The first-order valence-electron chi connectivity index (χ1n) is 8.50. The average Bonchev–Trinajstić information content (AvgIpc) is 2.62. The van der Waals surface area contributed by atoms with E-state index in [-0.39, 0.29) is 5.54 Å². The maximum absolute atomic E-state index is 12.5. The van der Waals surface area contributed by atoms with Crippen molar-refractivity contribution in [3.63, 3.8) is 0 Å². The normalized spacial score (nSPS) is 22.8. The van der Waals surface area contributed by atoms with Crippen LogP contribution >= 0.6 is 0 Å². The van der Waals surface area contributed by atoms with Crippen molar-refractivity contribution < 1.29 is 13.2 Å². The molecular formula is C17H26N2O3S. The van der Waals surface area contributed by atoms with Gasteiger partial charge < -0.3 is 4.74 Å². The Labute approximate surface area is 139 Å². The summed E-state index contributed by atoms with van der Waals surface area (Å²) < 4.78 is 33.4. The van der Waals surface area contributed by atoms with Crippen molar-refractivity contribution in [2.24, 2.45) is 0 Å². The molecule has 0 atom stereocenters. The average molecular weight is 338 g/mol. The van der Waals surface area contributed by atoms with Crippen LogP contribution in [0.5, 0.6) is 0 Å². The molecule has 1 N–H and O–H groups in total. The van der Waals surface area contributed by atoms with Crippen LogP contribution in [0, 0.1) is 0 Å². The van der Waals surface area contributed by atoms with Gasteiger partial charge in [0, 0.05) is 25.2 Å². The van der Waals surface area contributed by atoms with Crippen molar-refractivity contribution in [2.45, 2.75) is 42.5 Å². The van der Waals surface area contributed by atoms with Crippen LogP contribution in [0.4, 0.5) is 0 Å². The zero-order valence-electron chi connectivity index (χ0n) is 13.5. The van der Waals surface area contributed by atoms with Gasteiger partial charge in [0.15, 0.2) is 0 Å². The molecule has 0 aromatic heterocycles. The zero-order chi connectivity index (χ0) is 16.2. The minimum atomic E-state index is -3.44. The van der Waals surface area contributed by atoms with Gasteiger partial charge in [-0.05, 0) is 25.0 Å². The number of nitrogens with one attached hydrogen (secondary N) is 1. The van der Waals surface area contributed by atoms with E-state index in [0.717, 1.165) is 39.1 Å². The van der Waals surface area contributed by atoms with Gasteiger partial charge >= 0.3 is 0 Å². The second kappa shape index (κ2) is 7.30. The summed E-state index contributed by atoms with van der Waals surface area (Å²) in [6.07, 6.45) is 5.71. The first kappa shape index (κ1) is 16.9. The maximum atomic E-state index is 12.5. The monoisotopic (exact) mass is 338 g/mol. The summed E-state index contributed by atoms with van der Waals surface area (Å²) in [5.74, 6) is 0. The van der Waals surface area contributed by atoms with Crippen LogP contribution in [-0.4, -0.2) is 51.7 Å². The SMILES string of the molecule is O=S(=O)(NCC1(N2CCOCC2)CCCCC1)c1ccccc1. The minimum absolute atomic E-state index is 0.0517. The molecule has 6 heteroatoms. The van der Waals surface area contributed by atoms with Crippen LogP contribution < -0.4 is 4.72 Å². The van der Waals surface area contributed by atoms with Gasteiger partial charge in [-0.1, -0.05) is 37.5 Å². The van der Waals surface area contributed by atoms with Crippen LogP contribution in [0.3, 0.4) is 0 Å². The highest BCUT2D eigenvalue weighted by molar-refractivity contribution is 7.89. The summed E-state index contributed by atoms with van der Waals surface area (Å²) in [4.78, 5) is 2.79. The molecule has 2 aliphatic rings. The topological polar surface area (TPSA) is 58.6 Å². The lowest BCUT2D eigenvalue weighted by Gasteiger charge is -2.48. The van der Waals surface area contributed by atoms with Gasteiger partial charge in [-0.3, -0.25) is 4.90 Å². The Bertz CT molecular complexity index is 592. The summed E-state index contributed by atoms with van der Waals surface area (Å²) in [5.41, 5.74) is -0.0517. The number of hydrogen-bond donors (Lipinski definition) is 1. The number of sulfonamides is 1. The van der Waals surface area contributed by atoms with E-state index < -0.39 is 10.0 Å². The van der Waals surface area contributed by atoms with Crippen molar-refractivity contribution in [3.8, 4) is 0 Å². The predicted molar refractivity (Wildman–Crippen MR) is 89.8 cm³/mol. The predicted octanol–water partition coefficient (Wildman–Crippen LogP) is 2.00. The summed E-state index contributed by atoms with van der Waals surface area (Å²) in [6.45, 7) is 3.77. The van der Waals surface area contributed by atoms with Crippen LogP contribution in [0.15, 0.2) is 35.2 Å². The fraction of sp³-hybridized carbons (Fsp3) is 0.647. The molecule has 0 bridgehead atoms. The summed E-state index contributed by atoms with van der Waals surface area (Å²) in [7, 11) is -3.44. The van der Waals surface area contributed by atoms with Gasteiger partial charge in [-0.15, -0.1) is 0 Å². The molecule has 0 spiro atoms. The molecule has 23 heavy (non-hydrogen) atoms. The molecule has 1 saturated carbocycles. The Morgan fingerprint density at radius 2 is 1.70 bits per heavy atom. The number of hydrogen-bond acceptors (Lipinski definition) is 4.